The summed E-state index contributed by atoms with van der Waals surface area (Å²) in [6, 6.07) is 7.44. The van der Waals surface area contributed by atoms with Crippen molar-refractivity contribution in [2.75, 3.05) is 0 Å². The molecule has 15 heavy (non-hydrogen) atoms. The van der Waals surface area contributed by atoms with Crippen LogP contribution in [0.2, 0.25) is 0 Å². The molecule has 0 bridgehead atoms. The monoisotopic (exact) mass is 281 g/mol. The summed E-state index contributed by atoms with van der Waals surface area (Å²) in [5.74, 6) is 0.126. The Morgan fingerprint density at radius 1 is 1.47 bits per heavy atom. The lowest BCUT2D eigenvalue weighted by atomic mass is 10.1. The van der Waals surface area contributed by atoms with E-state index < -0.39 is 0 Å². The number of carbonyl (C=O) groups is 1. The SMILES string of the molecule is O=C(Cc1cncs1)c1cccc(Br)c1. The fraction of sp³-hybridized carbons (Fsp3) is 0.0909. The summed E-state index contributed by atoms with van der Waals surface area (Å²) in [5.41, 5.74) is 2.47. The molecule has 0 aliphatic carbocycles. The van der Waals surface area contributed by atoms with Gasteiger partial charge in [0.2, 0.25) is 0 Å². The Labute approximate surface area is 100 Å². The van der Waals surface area contributed by atoms with Gasteiger partial charge in [-0.1, -0.05) is 28.1 Å². The smallest absolute Gasteiger partial charge is 0.168 e. The van der Waals surface area contributed by atoms with Gasteiger partial charge >= 0.3 is 0 Å². The molecule has 0 saturated carbocycles. The first-order valence-electron chi connectivity index (χ1n) is 4.42. The van der Waals surface area contributed by atoms with Crippen LogP contribution < -0.4 is 0 Å². The third kappa shape index (κ3) is 2.73. The van der Waals surface area contributed by atoms with Crippen molar-refractivity contribution in [3.8, 4) is 0 Å². The number of carbonyl (C=O) groups excluding carboxylic acids is 1. The predicted molar refractivity (Wildman–Crippen MR) is 64.3 cm³/mol. The first-order valence-corrected chi connectivity index (χ1v) is 6.09. The lowest BCUT2D eigenvalue weighted by molar-refractivity contribution is 0.0993. The van der Waals surface area contributed by atoms with Gasteiger partial charge in [0.1, 0.15) is 0 Å². The van der Waals surface area contributed by atoms with E-state index in [0.717, 1.165) is 14.9 Å². The van der Waals surface area contributed by atoms with E-state index in [1.807, 2.05) is 24.3 Å². The van der Waals surface area contributed by atoms with Gasteiger partial charge in [-0.25, -0.2) is 0 Å². The van der Waals surface area contributed by atoms with Crippen molar-refractivity contribution in [3.63, 3.8) is 0 Å². The summed E-state index contributed by atoms with van der Waals surface area (Å²) in [6.45, 7) is 0. The quantitative estimate of drug-likeness (QED) is 0.808. The summed E-state index contributed by atoms with van der Waals surface area (Å²) in [4.78, 5) is 16.8. The van der Waals surface area contributed by atoms with Crippen LogP contribution in [0.3, 0.4) is 0 Å². The Morgan fingerprint density at radius 2 is 2.33 bits per heavy atom. The van der Waals surface area contributed by atoms with Crippen LogP contribution in [0.5, 0.6) is 0 Å². The topological polar surface area (TPSA) is 30.0 Å². The largest absolute Gasteiger partial charge is 0.294 e. The van der Waals surface area contributed by atoms with Gasteiger partial charge in [-0.2, -0.15) is 0 Å². The number of thiazole rings is 1. The van der Waals surface area contributed by atoms with Gasteiger partial charge in [0.25, 0.3) is 0 Å². The third-order valence-electron chi connectivity index (χ3n) is 1.96. The number of hydrogen-bond donors (Lipinski definition) is 0. The van der Waals surface area contributed by atoms with E-state index >= 15 is 0 Å². The van der Waals surface area contributed by atoms with E-state index in [0.29, 0.717) is 6.42 Å². The van der Waals surface area contributed by atoms with Crippen LogP contribution in [0.15, 0.2) is 40.4 Å². The van der Waals surface area contributed by atoms with Crippen molar-refractivity contribution in [1.29, 1.82) is 0 Å². The minimum Gasteiger partial charge on any atom is -0.294 e. The van der Waals surface area contributed by atoms with Crippen molar-refractivity contribution >= 4 is 33.0 Å². The lowest BCUT2D eigenvalue weighted by Gasteiger charge is -1.99. The van der Waals surface area contributed by atoms with Crippen LogP contribution >= 0.6 is 27.3 Å². The minimum atomic E-state index is 0.126. The number of ketones is 1. The van der Waals surface area contributed by atoms with Gasteiger partial charge in [-0.3, -0.25) is 9.78 Å². The number of halogens is 1. The van der Waals surface area contributed by atoms with Gasteiger partial charge in [0.05, 0.1) is 5.51 Å². The highest BCUT2D eigenvalue weighted by Gasteiger charge is 2.07. The standard InChI is InChI=1S/C11H8BrNOS/c12-9-3-1-2-8(4-9)11(14)5-10-6-13-7-15-10/h1-4,6-7H,5H2. The highest BCUT2D eigenvalue weighted by molar-refractivity contribution is 9.10. The Balaban J connectivity index is 2.15. The molecular weight excluding hydrogens is 274 g/mol. The normalized spacial score (nSPS) is 10.2. The van der Waals surface area contributed by atoms with Crippen LogP contribution in [0.4, 0.5) is 0 Å². The van der Waals surface area contributed by atoms with E-state index in [1.165, 1.54) is 11.3 Å². The molecule has 0 atom stereocenters. The zero-order valence-electron chi connectivity index (χ0n) is 7.81. The number of benzene rings is 1. The molecule has 1 aromatic carbocycles. The van der Waals surface area contributed by atoms with E-state index in [4.69, 9.17) is 0 Å². The van der Waals surface area contributed by atoms with Crippen LogP contribution in [-0.4, -0.2) is 10.8 Å². The van der Waals surface area contributed by atoms with Crippen molar-refractivity contribution < 1.29 is 4.79 Å². The Hall–Kier alpha value is -1.00. The highest BCUT2D eigenvalue weighted by Crippen LogP contribution is 2.15. The average molecular weight is 282 g/mol. The lowest BCUT2D eigenvalue weighted by Crippen LogP contribution is -2.01. The fourth-order valence-corrected chi connectivity index (χ4v) is 2.24. The zero-order chi connectivity index (χ0) is 10.7. The Morgan fingerprint density at radius 3 is 3.00 bits per heavy atom. The molecule has 0 amide bonds. The van der Waals surface area contributed by atoms with E-state index in [9.17, 15) is 4.79 Å². The van der Waals surface area contributed by atoms with Crippen molar-refractivity contribution in [2.24, 2.45) is 0 Å². The summed E-state index contributed by atoms with van der Waals surface area (Å²) < 4.78 is 0.928. The summed E-state index contributed by atoms with van der Waals surface area (Å²) in [5, 5.41) is 0. The van der Waals surface area contributed by atoms with Crippen LogP contribution in [0.1, 0.15) is 15.2 Å². The molecule has 0 aliphatic rings. The second-order valence-corrected chi connectivity index (χ2v) is 4.96. The third-order valence-corrected chi connectivity index (χ3v) is 3.24. The maximum absolute atomic E-state index is 11.8. The number of nitrogens with zero attached hydrogens (tertiary/aromatic N) is 1. The van der Waals surface area contributed by atoms with Crippen molar-refractivity contribution in [1.82, 2.24) is 4.98 Å². The first-order chi connectivity index (χ1) is 7.25. The van der Waals surface area contributed by atoms with Crippen LogP contribution in [-0.2, 0) is 6.42 Å². The molecule has 0 aliphatic heterocycles. The maximum atomic E-state index is 11.8. The maximum Gasteiger partial charge on any atom is 0.168 e. The van der Waals surface area contributed by atoms with E-state index in [2.05, 4.69) is 20.9 Å². The number of rotatable bonds is 3. The molecule has 0 unspecified atom stereocenters. The molecule has 76 valence electrons. The Kier molecular flexibility index (Phi) is 3.28. The van der Waals surface area contributed by atoms with E-state index in [-0.39, 0.29) is 5.78 Å². The molecule has 1 heterocycles. The van der Waals surface area contributed by atoms with Crippen molar-refractivity contribution in [2.45, 2.75) is 6.42 Å². The van der Waals surface area contributed by atoms with Gasteiger partial charge < -0.3 is 0 Å². The zero-order valence-corrected chi connectivity index (χ0v) is 10.2. The number of Topliss-reactive ketones (excluding diaryl/α,β-unsaturated/α-hetero) is 1. The molecule has 0 spiro atoms. The molecule has 4 heteroatoms. The molecule has 0 fully saturated rings. The van der Waals surface area contributed by atoms with E-state index in [1.54, 1.807) is 11.7 Å². The van der Waals surface area contributed by atoms with Gasteiger partial charge in [-0.05, 0) is 12.1 Å². The molecule has 2 nitrogen and oxygen atoms in total. The van der Waals surface area contributed by atoms with Gasteiger partial charge in [0, 0.05) is 27.5 Å². The summed E-state index contributed by atoms with van der Waals surface area (Å²) >= 11 is 4.85. The second-order valence-electron chi connectivity index (χ2n) is 3.08. The first kappa shape index (κ1) is 10.5. The molecule has 1 aromatic heterocycles. The average Bonchev–Trinajstić information content (AvgIpc) is 2.70. The number of hydrogen-bond acceptors (Lipinski definition) is 3. The second kappa shape index (κ2) is 4.68. The predicted octanol–water partition coefficient (Wildman–Crippen LogP) is 3.33. The Bertz CT molecular complexity index is 467. The summed E-state index contributed by atoms with van der Waals surface area (Å²) in [7, 11) is 0. The summed E-state index contributed by atoms with van der Waals surface area (Å²) in [6.07, 6.45) is 2.17. The molecule has 2 rings (SSSR count). The van der Waals surface area contributed by atoms with Crippen molar-refractivity contribution in [3.05, 3.63) is 50.9 Å². The minimum absolute atomic E-state index is 0.126. The number of aromatic nitrogens is 1. The van der Waals surface area contributed by atoms with Crippen LogP contribution in [0, 0.1) is 0 Å². The van der Waals surface area contributed by atoms with Gasteiger partial charge in [0.15, 0.2) is 5.78 Å². The van der Waals surface area contributed by atoms with Gasteiger partial charge in [-0.15, -0.1) is 11.3 Å². The van der Waals surface area contributed by atoms with Crippen LogP contribution in [0.25, 0.3) is 0 Å². The molecule has 0 N–H and O–H groups in total. The fourth-order valence-electron chi connectivity index (χ4n) is 1.25. The molecule has 0 saturated heterocycles. The molecule has 2 aromatic rings. The molecular formula is C11H8BrNOS. The highest BCUT2D eigenvalue weighted by atomic mass is 79.9. The molecule has 0 radical (unpaired) electrons.